The first kappa shape index (κ1) is 16.5. The minimum absolute atomic E-state index is 0.177. The lowest BCUT2D eigenvalue weighted by Gasteiger charge is -2.27. The van der Waals surface area contributed by atoms with Crippen LogP contribution < -0.4 is 5.32 Å². The third-order valence-electron chi connectivity index (χ3n) is 2.91. The topological polar surface area (TPSA) is 130 Å². The van der Waals surface area contributed by atoms with Gasteiger partial charge in [0, 0.05) is 6.54 Å². The summed E-state index contributed by atoms with van der Waals surface area (Å²) >= 11 is 0. The highest BCUT2D eigenvalue weighted by Crippen LogP contribution is 2.07. The van der Waals surface area contributed by atoms with E-state index in [1.54, 1.807) is 24.3 Å². The maximum absolute atomic E-state index is 11.1. The Hall–Kier alpha value is -1.51. The number of aliphatic carboxylic acids is 1. The molecule has 20 heavy (non-hydrogen) atoms. The summed E-state index contributed by atoms with van der Waals surface area (Å²) in [5.74, 6) is -1.36. The molecule has 0 aromatic heterocycles. The Kier molecular flexibility index (Phi) is 6.56. The van der Waals surface area contributed by atoms with Crippen molar-refractivity contribution < 1.29 is 30.3 Å². The summed E-state index contributed by atoms with van der Waals surface area (Å²) in [6.07, 6.45) is -5.12. The van der Waals surface area contributed by atoms with Crippen LogP contribution >= 0.6 is 0 Å². The van der Waals surface area contributed by atoms with Gasteiger partial charge in [-0.15, -0.1) is 0 Å². The van der Waals surface area contributed by atoms with Gasteiger partial charge in [-0.1, -0.05) is 30.3 Å². The van der Waals surface area contributed by atoms with Gasteiger partial charge >= 0.3 is 5.97 Å². The van der Waals surface area contributed by atoms with Crippen molar-refractivity contribution in [1.29, 1.82) is 0 Å². The summed E-state index contributed by atoms with van der Waals surface area (Å²) < 4.78 is 0. The lowest BCUT2D eigenvalue weighted by molar-refractivity contribution is -0.149. The fourth-order valence-corrected chi connectivity index (χ4v) is 1.71. The third-order valence-corrected chi connectivity index (χ3v) is 2.91. The Morgan fingerprint density at radius 1 is 1.10 bits per heavy atom. The molecule has 0 aliphatic carbocycles. The molecule has 6 N–H and O–H groups in total. The Morgan fingerprint density at radius 3 is 2.20 bits per heavy atom. The highest BCUT2D eigenvalue weighted by molar-refractivity contribution is 5.74. The number of benzene rings is 1. The van der Waals surface area contributed by atoms with E-state index >= 15 is 0 Å². The van der Waals surface area contributed by atoms with Gasteiger partial charge in [0.25, 0.3) is 0 Å². The lowest BCUT2D eigenvalue weighted by atomic mass is 10.0. The Morgan fingerprint density at radius 2 is 1.70 bits per heavy atom. The summed E-state index contributed by atoms with van der Waals surface area (Å²) in [5, 5.41) is 48.9. The van der Waals surface area contributed by atoms with Crippen LogP contribution in [0.15, 0.2) is 30.3 Å². The number of hydrogen-bond donors (Lipinski definition) is 6. The van der Waals surface area contributed by atoms with Crippen LogP contribution in [0.5, 0.6) is 0 Å². The minimum Gasteiger partial charge on any atom is -0.480 e. The van der Waals surface area contributed by atoms with Gasteiger partial charge in [0.15, 0.2) is 0 Å². The van der Waals surface area contributed by atoms with E-state index in [2.05, 4.69) is 5.32 Å². The van der Waals surface area contributed by atoms with Crippen molar-refractivity contribution >= 4 is 5.97 Å². The molecule has 0 aliphatic heterocycles. The molecule has 0 saturated heterocycles. The SMILES string of the molecule is O=C(O)[C@H](NCc1ccccc1)[C@@H](O)[C@H](O)[C@H](O)CO. The van der Waals surface area contributed by atoms with Crippen molar-refractivity contribution in [3.63, 3.8) is 0 Å². The van der Waals surface area contributed by atoms with Crippen LogP contribution in [0, 0.1) is 0 Å². The molecule has 7 nitrogen and oxygen atoms in total. The minimum atomic E-state index is -1.76. The highest BCUT2D eigenvalue weighted by Gasteiger charge is 2.35. The van der Waals surface area contributed by atoms with E-state index in [-0.39, 0.29) is 6.54 Å². The zero-order valence-electron chi connectivity index (χ0n) is 10.8. The lowest BCUT2D eigenvalue weighted by Crippen LogP contribution is -2.54. The van der Waals surface area contributed by atoms with E-state index in [1.807, 2.05) is 6.07 Å². The Labute approximate surface area is 116 Å². The van der Waals surface area contributed by atoms with Crippen LogP contribution in [0.2, 0.25) is 0 Å². The van der Waals surface area contributed by atoms with Gasteiger partial charge in [-0.3, -0.25) is 10.1 Å². The molecule has 0 bridgehead atoms. The number of aliphatic hydroxyl groups is 4. The smallest absolute Gasteiger partial charge is 0.323 e. The molecule has 0 radical (unpaired) electrons. The first-order valence-corrected chi connectivity index (χ1v) is 6.12. The molecule has 0 fully saturated rings. The molecule has 0 spiro atoms. The molecule has 0 heterocycles. The van der Waals surface area contributed by atoms with Crippen LogP contribution in [0.4, 0.5) is 0 Å². The van der Waals surface area contributed by atoms with Crippen LogP contribution in [0.25, 0.3) is 0 Å². The van der Waals surface area contributed by atoms with E-state index in [0.717, 1.165) is 5.56 Å². The molecule has 1 rings (SSSR count). The molecule has 1 aromatic carbocycles. The number of carbonyl (C=O) groups is 1. The average Bonchev–Trinajstić information content (AvgIpc) is 2.46. The van der Waals surface area contributed by atoms with Crippen molar-refractivity contribution in [3.05, 3.63) is 35.9 Å². The molecular formula is C13H19NO6. The first-order valence-electron chi connectivity index (χ1n) is 6.12. The van der Waals surface area contributed by atoms with Gasteiger partial charge in [-0.05, 0) is 5.56 Å². The summed E-state index contributed by atoms with van der Waals surface area (Å²) in [4.78, 5) is 11.1. The molecule has 0 amide bonds. The standard InChI is InChI=1S/C13H19NO6/c15-7-9(16)11(17)12(18)10(13(19)20)14-6-8-4-2-1-3-5-8/h1-5,9-12,14-18H,6-7H2,(H,19,20)/t9-,10-,11-,12-/m1/s1. The Balaban J connectivity index is 2.67. The zero-order valence-corrected chi connectivity index (χ0v) is 10.8. The second-order valence-electron chi connectivity index (χ2n) is 4.41. The number of nitrogens with one attached hydrogen (secondary N) is 1. The number of hydrogen-bond acceptors (Lipinski definition) is 6. The van der Waals surface area contributed by atoms with Crippen LogP contribution in [-0.2, 0) is 11.3 Å². The molecule has 4 atom stereocenters. The molecule has 1 aromatic rings. The summed E-state index contributed by atoms with van der Waals surface area (Å²) in [6, 6.07) is 7.47. The maximum Gasteiger partial charge on any atom is 0.323 e. The Bertz CT molecular complexity index is 413. The molecular weight excluding hydrogens is 266 g/mol. The predicted molar refractivity (Wildman–Crippen MR) is 69.8 cm³/mol. The third kappa shape index (κ3) is 4.55. The largest absolute Gasteiger partial charge is 0.480 e. The predicted octanol–water partition coefficient (Wildman–Crippen LogP) is -1.70. The van der Waals surface area contributed by atoms with Gasteiger partial charge in [0.2, 0.25) is 0 Å². The van der Waals surface area contributed by atoms with E-state index in [4.69, 9.17) is 10.2 Å². The molecule has 0 saturated carbocycles. The number of carboxylic acids is 1. The van der Waals surface area contributed by atoms with Crippen LogP contribution in [0.3, 0.4) is 0 Å². The summed E-state index contributed by atoms with van der Waals surface area (Å²) in [6.45, 7) is -0.597. The normalized spacial score (nSPS) is 17.2. The summed E-state index contributed by atoms with van der Waals surface area (Å²) in [7, 11) is 0. The maximum atomic E-state index is 11.1. The second-order valence-corrected chi connectivity index (χ2v) is 4.41. The van der Waals surface area contributed by atoms with Crippen molar-refractivity contribution in [2.45, 2.75) is 30.9 Å². The average molecular weight is 285 g/mol. The fourth-order valence-electron chi connectivity index (χ4n) is 1.71. The van der Waals surface area contributed by atoms with Gasteiger partial charge < -0.3 is 25.5 Å². The molecule has 0 aliphatic rings. The highest BCUT2D eigenvalue weighted by atomic mass is 16.4. The van der Waals surface area contributed by atoms with E-state index in [9.17, 15) is 20.1 Å². The van der Waals surface area contributed by atoms with Crippen molar-refractivity contribution in [3.8, 4) is 0 Å². The second kappa shape index (κ2) is 7.93. The van der Waals surface area contributed by atoms with Crippen molar-refractivity contribution in [2.75, 3.05) is 6.61 Å². The van der Waals surface area contributed by atoms with Gasteiger partial charge in [0.05, 0.1) is 6.61 Å². The number of carboxylic acid groups (broad SMARTS) is 1. The number of aliphatic hydroxyl groups excluding tert-OH is 4. The summed E-state index contributed by atoms with van der Waals surface area (Å²) in [5.41, 5.74) is 0.808. The van der Waals surface area contributed by atoms with E-state index in [1.165, 1.54) is 0 Å². The van der Waals surface area contributed by atoms with Gasteiger partial charge in [-0.2, -0.15) is 0 Å². The fraction of sp³-hybridized carbons (Fsp3) is 0.462. The van der Waals surface area contributed by atoms with Gasteiger partial charge in [-0.25, -0.2) is 0 Å². The quantitative estimate of drug-likeness (QED) is 0.336. The monoisotopic (exact) mass is 285 g/mol. The van der Waals surface area contributed by atoms with Crippen LogP contribution in [-0.4, -0.2) is 62.5 Å². The molecule has 112 valence electrons. The van der Waals surface area contributed by atoms with Crippen molar-refractivity contribution in [1.82, 2.24) is 5.32 Å². The van der Waals surface area contributed by atoms with Crippen LogP contribution in [0.1, 0.15) is 5.56 Å². The first-order chi connectivity index (χ1) is 9.47. The van der Waals surface area contributed by atoms with Gasteiger partial charge in [0.1, 0.15) is 24.4 Å². The molecule has 7 heteroatoms. The van der Waals surface area contributed by atoms with E-state index < -0.39 is 36.9 Å². The molecule has 0 unspecified atom stereocenters. The number of rotatable bonds is 8. The zero-order chi connectivity index (χ0) is 15.1. The van der Waals surface area contributed by atoms with Crippen molar-refractivity contribution in [2.24, 2.45) is 0 Å². The van der Waals surface area contributed by atoms with E-state index in [0.29, 0.717) is 0 Å².